The lowest BCUT2D eigenvalue weighted by atomic mass is 10.0. The third kappa shape index (κ3) is 4.08. The molecule has 0 aliphatic carbocycles. The van der Waals surface area contributed by atoms with Gasteiger partial charge in [-0.2, -0.15) is 0 Å². The minimum absolute atomic E-state index is 0.0451. The Morgan fingerprint density at radius 3 is 2.26 bits per heavy atom. The first-order valence-corrected chi connectivity index (χ1v) is 9.21. The van der Waals surface area contributed by atoms with Crippen LogP contribution in [0.2, 0.25) is 0 Å². The van der Waals surface area contributed by atoms with E-state index in [9.17, 15) is 24.5 Å². The van der Waals surface area contributed by atoms with Crippen molar-refractivity contribution in [2.75, 3.05) is 19.1 Å². The van der Waals surface area contributed by atoms with E-state index in [0.29, 0.717) is 0 Å². The number of hydrogen-bond donors (Lipinski definition) is 1. The van der Waals surface area contributed by atoms with Gasteiger partial charge in [0.05, 0.1) is 24.8 Å². The van der Waals surface area contributed by atoms with Crippen LogP contribution in [-0.2, 0) is 16.0 Å². The fraction of sp³-hybridized carbons (Fsp3) is 0.190. The molecule has 3 rings (SSSR count). The van der Waals surface area contributed by atoms with Gasteiger partial charge < -0.3 is 9.47 Å². The fourth-order valence-electron chi connectivity index (χ4n) is 3.09. The van der Waals surface area contributed by atoms with Crippen molar-refractivity contribution in [2.24, 2.45) is 0 Å². The van der Waals surface area contributed by atoms with Crippen molar-refractivity contribution >= 4 is 35.3 Å². The molecule has 2 aromatic rings. The van der Waals surface area contributed by atoms with Crippen molar-refractivity contribution in [1.29, 1.82) is 0 Å². The fourth-order valence-corrected chi connectivity index (χ4v) is 3.09. The van der Waals surface area contributed by atoms with Gasteiger partial charge in [-0.25, -0.2) is 9.69 Å². The van der Waals surface area contributed by atoms with Gasteiger partial charge in [0, 0.05) is 17.7 Å². The summed E-state index contributed by atoms with van der Waals surface area (Å²) in [6.07, 6.45) is 1.92. The molecule has 10 heteroatoms. The molecule has 1 saturated heterocycles. The maximum Gasteiger partial charge on any atom is 0.335 e. The highest BCUT2D eigenvalue weighted by Gasteiger charge is 2.37. The van der Waals surface area contributed by atoms with E-state index >= 15 is 0 Å². The van der Waals surface area contributed by atoms with Gasteiger partial charge in [-0.15, -0.1) is 0 Å². The van der Waals surface area contributed by atoms with Crippen LogP contribution in [0.5, 0.6) is 11.5 Å². The quantitative estimate of drug-likeness (QED) is 0.326. The Hall–Kier alpha value is -4.21. The highest BCUT2D eigenvalue weighted by Crippen LogP contribution is 2.36. The largest absolute Gasteiger partial charge is 0.496 e. The summed E-state index contributed by atoms with van der Waals surface area (Å²) in [7, 11) is 2.60. The lowest BCUT2D eigenvalue weighted by Crippen LogP contribution is -2.54. The summed E-state index contributed by atoms with van der Waals surface area (Å²) < 4.78 is 10.2. The monoisotopic (exact) mass is 425 g/mol. The third-order valence-corrected chi connectivity index (χ3v) is 4.73. The molecule has 1 aliphatic heterocycles. The van der Waals surface area contributed by atoms with Gasteiger partial charge in [0.15, 0.2) is 0 Å². The Kier molecular flexibility index (Phi) is 6.00. The van der Waals surface area contributed by atoms with Gasteiger partial charge in [0.1, 0.15) is 11.3 Å². The summed E-state index contributed by atoms with van der Waals surface area (Å²) in [5, 5.41) is 13.5. The maximum absolute atomic E-state index is 13.0. The molecular weight excluding hydrogens is 406 g/mol. The number of nitro benzene ring substituents is 1. The summed E-state index contributed by atoms with van der Waals surface area (Å²) in [5.74, 6) is -1.68. The number of hydrogen-bond acceptors (Lipinski definition) is 7. The predicted molar refractivity (Wildman–Crippen MR) is 111 cm³/mol. The molecule has 1 N–H and O–H groups in total. The first-order valence-electron chi connectivity index (χ1n) is 9.21. The van der Waals surface area contributed by atoms with Gasteiger partial charge in [-0.3, -0.25) is 25.0 Å². The summed E-state index contributed by atoms with van der Waals surface area (Å²) in [4.78, 5) is 49.3. The number of nitrogens with one attached hydrogen (secondary N) is 1. The molecule has 0 bridgehead atoms. The minimum Gasteiger partial charge on any atom is -0.496 e. The number of methoxy groups -OCH3 is 2. The number of aryl methyl sites for hydroxylation is 1. The number of anilines is 1. The lowest BCUT2D eigenvalue weighted by molar-refractivity contribution is -0.385. The highest BCUT2D eigenvalue weighted by atomic mass is 16.6. The van der Waals surface area contributed by atoms with E-state index in [4.69, 9.17) is 9.47 Å². The number of carbonyl (C=O) groups is 3. The summed E-state index contributed by atoms with van der Waals surface area (Å²) in [6, 6.07) is 8.26. The molecule has 2 aromatic carbocycles. The number of barbiturate groups is 1. The molecule has 31 heavy (non-hydrogen) atoms. The molecule has 0 atom stereocenters. The molecule has 0 radical (unpaired) electrons. The number of nitro groups is 1. The van der Waals surface area contributed by atoms with Crippen LogP contribution in [0.15, 0.2) is 42.0 Å². The second-order valence-corrected chi connectivity index (χ2v) is 6.50. The van der Waals surface area contributed by atoms with Crippen LogP contribution < -0.4 is 19.7 Å². The van der Waals surface area contributed by atoms with Crippen LogP contribution >= 0.6 is 0 Å². The average Bonchev–Trinajstić information content (AvgIpc) is 2.76. The standard InChI is InChI=1S/C21H19N3O7/c1-4-12-5-7-14(8-6-12)23-20(26)15(19(25)22-21(23)27)9-13-10-16(24(28)29)18(31-3)11-17(13)30-2/h5-11H,4H2,1-3H3,(H,22,25,27)/b15-9-. The Morgan fingerprint density at radius 1 is 1.06 bits per heavy atom. The smallest absolute Gasteiger partial charge is 0.335 e. The second-order valence-electron chi connectivity index (χ2n) is 6.50. The number of urea groups is 1. The van der Waals surface area contributed by atoms with Crippen molar-refractivity contribution < 1.29 is 28.8 Å². The molecule has 1 heterocycles. The van der Waals surface area contributed by atoms with Crippen molar-refractivity contribution in [3.8, 4) is 11.5 Å². The van der Waals surface area contributed by atoms with E-state index in [1.54, 1.807) is 24.3 Å². The van der Waals surface area contributed by atoms with Crippen molar-refractivity contribution in [3.63, 3.8) is 0 Å². The van der Waals surface area contributed by atoms with Gasteiger partial charge in [0.25, 0.3) is 11.8 Å². The number of ether oxygens (including phenoxy) is 2. The molecule has 0 spiro atoms. The van der Waals surface area contributed by atoms with Gasteiger partial charge in [0.2, 0.25) is 5.75 Å². The zero-order valence-electron chi connectivity index (χ0n) is 17.0. The molecule has 4 amide bonds. The molecular formula is C21H19N3O7. The van der Waals surface area contributed by atoms with Crippen molar-refractivity contribution in [3.05, 3.63) is 63.2 Å². The molecule has 1 aliphatic rings. The third-order valence-electron chi connectivity index (χ3n) is 4.73. The van der Waals surface area contributed by atoms with Crippen LogP contribution in [0.1, 0.15) is 18.1 Å². The molecule has 1 fully saturated rings. The molecule has 10 nitrogen and oxygen atoms in total. The van der Waals surface area contributed by atoms with Crippen molar-refractivity contribution in [1.82, 2.24) is 5.32 Å². The normalized spacial score (nSPS) is 15.1. The second kappa shape index (κ2) is 8.66. The van der Waals surface area contributed by atoms with Crippen molar-refractivity contribution in [2.45, 2.75) is 13.3 Å². The van der Waals surface area contributed by atoms with Gasteiger partial charge in [-0.05, 0) is 30.2 Å². The molecule has 160 valence electrons. The topological polar surface area (TPSA) is 128 Å². The van der Waals surface area contributed by atoms with Gasteiger partial charge in [-0.1, -0.05) is 19.1 Å². The predicted octanol–water partition coefficient (Wildman–Crippen LogP) is 2.84. The number of carbonyl (C=O) groups excluding carboxylic acids is 3. The summed E-state index contributed by atoms with van der Waals surface area (Å²) >= 11 is 0. The van der Waals surface area contributed by atoms with Crippen LogP contribution in [0.4, 0.5) is 16.2 Å². The van der Waals surface area contributed by atoms with Gasteiger partial charge >= 0.3 is 11.7 Å². The first-order chi connectivity index (χ1) is 14.8. The molecule has 0 saturated carbocycles. The Bertz CT molecular complexity index is 1110. The molecule has 0 aromatic heterocycles. The number of amides is 4. The van der Waals surface area contributed by atoms with E-state index in [0.717, 1.165) is 29.0 Å². The van der Waals surface area contributed by atoms with Crippen LogP contribution in [0.25, 0.3) is 6.08 Å². The first kappa shape index (κ1) is 21.5. The lowest BCUT2D eigenvalue weighted by Gasteiger charge is -2.26. The van der Waals surface area contributed by atoms with Crippen LogP contribution in [0, 0.1) is 10.1 Å². The maximum atomic E-state index is 13.0. The number of imide groups is 2. The number of rotatable bonds is 6. The van der Waals surface area contributed by atoms with E-state index in [2.05, 4.69) is 5.32 Å². The number of benzene rings is 2. The Balaban J connectivity index is 2.09. The van der Waals surface area contributed by atoms with E-state index in [1.165, 1.54) is 20.3 Å². The van der Waals surface area contributed by atoms with Crippen LogP contribution in [0.3, 0.4) is 0 Å². The summed E-state index contributed by atoms with van der Waals surface area (Å²) in [5.41, 5.74) is 0.643. The molecule has 0 unspecified atom stereocenters. The van der Waals surface area contributed by atoms with E-state index < -0.39 is 22.8 Å². The highest BCUT2D eigenvalue weighted by molar-refractivity contribution is 6.39. The van der Waals surface area contributed by atoms with E-state index in [-0.39, 0.29) is 34.0 Å². The minimum atomic E-state index is -0.919. The Morgan fingerprint density at radius 2 is 1.71 bits per heavy atom. The van der Waals surface area contributed by atoms with Crippen LogP contribution in [-0.4, -0.2) is 37.0 Å². The summed E-state index contributed by atoms with van der Waals surface area (Å²) in [6.45, 7) is 1.97. The zero-order chi connectivity index (χ0) is 22.7. The SMILES string of the molecule is CCc1ccc(N2C(=O)NC(=O)/C(=C/c3cc([N+](=O)[O-])c(OC)cc3OC)C2=O)cc1. The number of nitrogens with zero attached hydrogens (tertiary/aromatic N) is 2. The average molecular weight is 425 g/mol. The zero-order valence-corrected chi connectivity index (χ0v) is 17.0. The van der Waals surface area contributed by atoms with E-state index in [1.807, 2.05) is 6.92 Å². The Labute approximate surface area is 177 Å².